The van der Waals surface area contributed by atoms with Crippen LogP contribution in [0.4, 0.5) is 0 Å². The van der Waals surface area contributed by atoms with Crippen LogP contribution in [0.25, 0.3) is 0 Å². The zero-order chi connectivity index (χ0) is 7.12. The maximum Gasteiger partial charge on any atom is 0.0661 e. The predicted octanol–water partition coefficient (Wildman–Crippen LogP) is 2.21. The summed E-state index contributed by atoms with van der Waals surface area (Å²) in [5, 5.41) is 0. The van der Waals surface area contributed by atoms with Crippen LogP contribution in [0.15, 0.2) is 0 Å². The molecule has 1 aliphatic carbocycles. The second kappa shape index (κ2) is 1.72. The first kappa shape index (κ1) is 7.07. The normalized spacial score (nSPS) is 29.3. The van der Waals surface area contributed by atoms with Gasteiger partial charge in [0.25, 0.3) is 0 Å². The van der Waals surface area contributed by atoms with Crippen LogP contribution in [0.2, 0.25) is 0 Å². The first-order valence-corrected chi connectivity index (χ1v) is 3.53. The minimum absolute atomic E-state index is 0.198. The highest BCUT2D eigenvalue weighted by Gasteiger charge is 2.45. The maximum absolute atomic E-state index is 5.31. The summed E-state index contributed by atoms with van der Waals surface area (Å²) in [6.07, 6.45) is 2.41. The SMILES string of the molecule is COC1(C)CC(C)(C)C1. The third kappa shape index (κ3) is 1.26. The molecule has 0 heterocycles. The summed E-state index contributed by atoms with van der Waals surface area (Å²) < 4.78 is 5.31. The van der Waals surface area contributed by atoms with Crippen molar-refractivity contribution in [3.63, 3.8) is 0 Å². The van der Waals surface area contributed by atoms with Gasteiger partial charge in [-0.3, -0.25) is 0 Å². The van der Waals surface area contributed by atoms with Crippen molar-refractivity contribution in [3.8, 4) is 0 Å². The molecule has 0 bridgehead atoms. The van der Waals surface area contributed by atoms with Crippen LogP contribution in [0.1, 0.15) is 33.6 Å². The van der Waals surface area contributed by atoms with E-state index in [-0.39, 0.29) is 5.60 Å². The van der Waals surface area contributed by atoms with E-state index in [1.165, 1.54) is 12.8 Å². The Kier molecular flexibility index (Phi) is 1.35. The molecule has 54 valence electrons. The largest absolute Gasteiger partial charge is 0.378 e. The Labute approximate surface area is 57.4 Å². The summed E-state index contributed by atoms with van der Waals surface area (Å²) in [5.74, 6) is 0. The number of methoxy groups -OCH3 is 1. The molecule has 9 heavy (non-hydrogen) atoms. The van der Waals surface area contributed by atoms with Crippen LogP contribution in [0.3, 0.4) is 0 Å². The first-order valence-electron chi connectivity index (χ1n) is 3.53. The Morgan fingerprint density at radius 2 is 1.56 bits per heavy atom. The van der Waals surface area contributed by atoms with E-state index in [2.05, 4.69) is 20.8 Å². The van der Waals surface area contributed by atoms with Gasteiger partial charge in [-0.1, -0.05) is 13.8 Å². The molecule has 0 amide bonds. The monoisotopic (exact) mass is 128 g/mol. The summed E-state index contributed by atoms with van der Waals surface area (Å²) in [6.45, 7) is 6.75. The minimum atomic E-state index is 0.198. The molecule has 0 spiro atoms. The number of hydrogen-bond acceptors (Lipinski definition) is 1. The smallest absolute Gasteiger partial charge is 0.0661 e. The van der Waals surface area contributed by atoms with E-state index < -0.39 is 0 Å². The van der Waals surface area contributed by atoms with Crippen molar-refractivity contribution in [2.24, 2.45) is 5.41 Å². The van der Waals surface area contributed by atoms with Gasteiger partial charge in [-0.25, -0.2) is 0 Å². The lowest BCUT2D eigenvalue weighted by Gasteiger charge is -2.50. The molecule has 0 aromatic rings. The molecule has 0 radical (unpaired) electrons. The topological polar surface area (TPSA) is 9.23 Å². The van der Waals surface area contributed by atoms with E-state index in [1.807, 2.05) is 0 Å². The lowest BCUT2D eigenvalue weighted by Crippen LogP contribution is -2.47. The van der Waals surface area contributed by atoms with Crippen LogP contribution in [0, 0.1) is 5.41 Å². The van der Waals surface area contributed by atoms with Crippen LogP contribution >= 0.6 is 0 Å². The molecule has 0 atom stereocenters. The fourth-order valence-electron chi connectivity index (χ4n) is 2.12. The molecule has 0 aliphatic heterocycles. The van der Waals surface area contributed by atoms with E-state index in [0.29, 0.717) is 5.41 Å². The van der Waals surface area contributed by atoms with Crippen LogP contribution in [-0.2, 0) is 4.74 Å². The van der Waals surface area contributed by atoms with Gasteiger partial charge in [0.2, 0.25) is 0 Å². The van der Waals surface area contributed by atoms with E-state index in [4.69, 9.17) is 4.74 Å². The van der Waals surface area contributed by atoms with Gasteiger partial charge in [-0.15, -0.1) is 0 Å². The van der Waals surface area contributed by atoms with E-state index in [1.54, 1.807) is 7.11 Å². The van der Waals surface area contributed by atoms with Gasteiger partial charge in [0.15, 0.2) is 0 Å². The van der Waals surface area contributed by atoms with Crippen LogP contribution < -0.4 is 0 Å². The molecule has 0 unspecified atom stereocenters. The average Bonchev–Trinajstić information content (AvgIpc) is 1.61. The molecule has 1 heteroatoms. The van der Waals surface area contributed by atoms with Gasteiger partial charge >= 0.3 is 0 Å². The van der Waals surface area contributed by atoms with Gasteiger partial charge in [0.1, 0.15) is 0 Å². The van der Waals surface area contributed by atoms with E-state index in [0.717, 1.165) is 0 Å². The molecule has 0 saturated heterocycles. The third-order valence-corrected chi connectivity index (χ3v) is 2.20. The molecule has 1 nitrogen and oxygen atoms in total. The summed E-state index contributed by atoms with van der Waals surface area (Å²) >= 11 is 0. The molecule has 1 aliphatic rings. The third-order valence-electron chi connectivity index (χ3n) is 2.20. The minimum Gasteiger partial charge on any atom is -0.378 e. The molecular formula is C8H16O. The van der Waals surface area contributed by atoms with Gasteiger partial charge in [0.05, 0.1) is 5.60 Å². The molecule has 1 saturated carbocycles. The van der Waals surface area contributed by atoms with Gasteiger partial charge in [-0.05, 0) is 25.2 Å². The maximum atomic E-state index is 5.31. The van der Waals surface area contributed by atoms with Crippen molar-refractivity contribution in [3.05, 3.63) is 0 Å². The predicted molar refractivity (Wildman–Crippen MR) is 38.4 cm³/mol. The van der Waals surface area contributed by atoms with E-state index in [9.17, 15) is 0 Å². The van der Waals surface area contributed by atoms with E-state index >= 15 is 0 Å². The molecule has 0 aromatic heterocycles. The molecule has 1 rings (SSSR count). The quantitative estimate of drug-likeness (QED) is 0.526. The number of hydrogen-bond donors (Lipinski definition) is 0. The second-order valence-electron chi connectivity index (χ2n) is 4.17. The summed E-state index contributed by atoms with van der Waals surface area (Å²) in [5.41, 5.74) is 0.730. The number of rotatable bonds is 1. The fraction of sp³-hybridized carbons (Fsp3) is 1.00. The Hall–Kier alpha value is -0.0400. The highest BCUT2D eigenvalue weighted by atomic mass is 16.5. The molecule has 1 fully saturated rings. The van der Waals surface area contributed by atoms with Gasteiger partial charge in [-0.2, -0.15) is 0 Å². The number of ether oxygens (including phenoxy) is 1. The summed E-state index contributed by atoms with van der Waals surface area (Å²) in [6, 6.07) is 0. The van der Waals surface area contributed by atoms with Crippen molar-refractivity contribution in [2.45, 2.75) is 39.2 Å². The highest BCUT2D eigenvalue weighted by Crippen LogP contribution is 2.49. The first-order chi connectivity index (χ1) is 3.97. The summed E-state index contributed by atoms with van der Waals surface area (Å²) in [7, 11) is 1.80. The molecule has 0 aromatic carbocycles. The van der Waals surface area contributed by atoms with Gasteiger partial charge in [0, 0.05) is 7.11 Å². The second-order valence-corrected chi connectivity index (χ2v) is 4.17. The Balaban J connectivity index is 2.41. The summed E-state index contributed by atoms with van der Waals surface area (Å²) in [4.78, 5) is 0. The fourth-order valence-corrected chi connectivity index (χ4v) is 2.12. The van der Waals surface area contributed by atoms with Crippen molar-refractivity contribution in [1.29, 1.82) is 0 Å². The Morgan fingerprint density at radius 3 is 1.67 bits per heavy atom. The highest BCUT2D eigenvalue weighted by molar-refractivity contribution is 4.97. The molecule has 0 N–H and O–H groups in total. The van der Waals surface area contributed by atoms with Crippen molar-refractivity contribution in [2.75, 3.05) is 7.11 Å². The average molecular weight is 128 g/mol. The zero-order valence-corrected chi connectivity index (χ0v) is 6.82. The van der Waals surface area contributed by atoms with Gasteiger partial charge < -0.3 is 4.74 Å². The van der Waals surface area contributed by atoms with Crippen molar-refractivity contribution >= 4 is 0 Å². The standard InChI is InChI=1S/C8H16O/c1-7(2)5-8(3,6-7)9-4/h5-6H2,1-4H3. The lowest BCUT2D eigenvalue weighted by molar-refractivity contribution is -0.124. The Bertz CT molecular complexity index is 108. The zero-order valence-electron chi connectivity index (χ0n) is 6.82. The van der Waals surface area contributed by atoms with Crippen molar-refractivity contribution in [1.82, 2.24) is 0 Å². The van der Waals surface area contributed by atoms with Crippen LogP contribution in [-0.4, -0.2) is 12.7 Å². The van der Waals surface area contributed by atoms with Crippen molar-refractivity contribution < 1.29 is 4.74 Å². The van der Waals surface area contributed by atoms with Crippen LogP contribution in [0.5, 0.6) is 0 Å². The molecular weight excluding hydrogens is 112 g/mol. The lowest BCUT2D eigenvalue weighted by atomic mass is 9.62. The Morgan fingerprint density at radius 1 is 1.11 bits per heavy atom.